The van der Waals surface area contributed by atoms with Crippen molar-refractivity contribution in [3.05, 3.63) is 40.1 Å². The van der Waals surface area contributed by atoms with Gasteiger partial charge in [0.05, 0.1) is 24.8 Å². The van der Waals surface area contributed by atoms with E-state index < -0.39 is 0 Å². The van der Waals surface area contributed by atoms with Crippen LogP contribution in [-0.2, 0) is 0 Å². The molecular weight excluding hydrogens is 376 g/mol. The Kier molecular flexibility index (Phi) is 6.92. The Morgan fingerprint density at radius 3 is 2.54 bits per heavy atom. The molecule has 150 valence electrons. The molecule has 2 aromatic rings. The maximum absolute atomic E-state index is 12.7. The number of rotatable bonds is 7. The normalized spacial score (nSPS) is 14.4. The van der Waals surface area contributed by atoms with Gasteiger partial charge < -0.3 is 20.1 Å². The number of benzene rings is 1. The van der Waals surface area contributed by atoms with Crippen molar-refractivity contribution in [2.75, 3.05) is 26.1 Å². The molecule has 0 aliphatic heterocycles. The van der Waals surface area contributed by atoms with E-state index in [4.69, 9.17) is 9.47 Å². The molecule has 1 aliphatic rings. The van der Waals surface area contributed by atoms with Crippen LogP contribution in [0.2, 0.25) is 0 Å². The van der Waals surface area contributed by atoms with Crippen molar-refractivity contribution in [2.45, 2.75) is 32.1 Å². The summed E-state index contributed by atoms with van der Waals surface area (Å²) in [5, 5.41) is 7.68. The monoisotopic (exact) mass is 402 g/mol. The molecule has 1 heterocycles. The van der Waals surface area contributed by atoms with Crippen LogP contribution in [-0.4, -0.2) is 32.6 Å². The summed E-state index contributed by atoms with van der Waals surface area (Å²) in [5.41, 5.74) is 0.831. The standard InChI is InChI=1S/C21H26N2O4S/c1-26-17-12-15(20(24)22-13-14-7-4-3-5-8-14)11-16(19(17)27-2)23-21(25)18-9-6-10-28-18/h6,9-12,14H,3-5,7-8,13H2,1-2H3,(H,22,24)(H,23,25). The van der Waals surface area contributed by atoms with Crippen LogP contribution in [0.25, 0.3) is 0 Å². The lowest BCUT2D eigenvalue weighted by Gasteiger charge is -2.22. The zero-order valence-electron chi connectivity index (χ0n) is 16.2. The van der Waals surface area contributed by atoms with Gasteiger partial charge in [0.15, 0.2) is 11.5 Å². The molecule has 1 aliphatic carbocycles. The molecule has 0 radical (unpaired) electrons. The van der Waals surface area contributed by atoms with Crippen LogP contribution < -0.4 is 20.1 Å². The quantitative estimate of drug-likeness (QED) is 0.723. The van der Waals surface area contributed by atoms with Crippen molar-refractivity contribution in [3.8, 4) is 11.5 Å². The molecule has 0 spiro atoms. The number of nitrogens with one attached hydrogen (secondary N) is 2. The molecule has 1 aromatic heterocycles. The number of hydrogen-bond donors (Lipinski definition) is 2. The topological polar surface area (TPSA) is 76.7 Å². The molecule has 0 bridgehead atoms. The molecule has 1 fully saturated rings. The predicted octanol–water partition coefficient (Wildman–Crippen LogP) is 4.33. The maximum Gasteiger partial charge on any atom is 0.265 e. The molecule has 28 heavy (non-hydrogen) atoms. The second-order valence-electron chi connectivity index (χ2n) is 6.90. The summed E-state index contributed by atoms with van der Waals surface area (Å²) in [6.07, 6.45) is 6.07. The number of anilines is 1. The van der Waals surface area contributed by atoms with E-state index in [1.54, 1.807) is 18.2 Å². The number of amides is 2. The van der Waals surface area contributed by atoms with Crippen LogP contribution >= 0.6 is 11.3 Å². The van der Waals surface area contributed by atoms with Crippen LogP contribution in [0, 0.1) is 5.92 Å². The summed E-state index contributed by atoms with van der Waals surface area (Å²) < 4.78 is 10.8. The van der Waals surface area contributed by atoms with Crippen LogP contribution in [0.5, 0.6) is 11.5 Å². The minimum Gasteiger partial charge on any atom is -0.493 e. The molecule has 1 saturated carbocycles. The highest BCUT2D eigenvalue weighted by atomic mass is 32.1. The first-order valence-electron chi connectivity index (χ1n) is 9.51. The van der Waals surface area contributed by atoms with E-state index in [0.29, 0.717) is 40.1 Å². The summed E-state index contributed by atoms with van der Waals surface area (Å²) in [4.78, 5) is 25.7. The number of hydrogen-bond acceptors (Lipinski definition) is 5. The number of carbonyl (C=O) groups is 2. The van der Waals surface area contributed by atoms with Gasteiger partial charge in [-0.3, -0.25) is 9.59 Å². The van der Waals surface area contributed by atoms with Gasteiger partial charge in [-0.15, -0.1) is 11.3 Å². The minimum atomic E-state index is -0.255. The molecule has 2 amide bonds. The van der Waals surface area contributed by atoms with E-state index >= 15 is 0 Å². The van der Waals surface area contributed by atoms with Crippen LogP contribution in [0.4, 0.5) is 5.69 Å². The largest absolute Gasteiger partial charge is 0.493 e. The highest BCUT2D eigenvalue weighted by molar-refractivity contribution is 7.12. The zero-order chi connectivity index (χ0) is 19.9. The van der Waals surface area contributed by atoms with Gasteiger partial charge in [0.1, 0.15) is 0 Å². The average molecular weight is 403 g/mol. The molecule has 0 unspecified atom stereocenters. The summed E-state index contributed by atoms with van der Waals surface area (Å²) in [6, 6.07) is 6.82. The van der Waals surface area contributed by atoms with E-state index in [9.17, 15) is 9.59 Å². The van der Waals surface area contributed by atoms with Gasteiger partial charge >= 0.3 is 0 Å². The van der Waals surface area contributed by atoms with Crippen LogP contribution in [0.15, 0.2) is 29.6 Å². The van der Waals surface area contributed by atoms with E-state index in [2.05, 4.69) is 10.6 Å². The minimum absolute atomic E-state index is 0.182. The van der Waals surface area contributed by atoms with Crippen LogP contribution in [0.3, 0.4) is 0 Å². The van der Waals surface area contributed by atoms with Gasteiger partial charge in [0, 0.05) is 12.1 Å². The Bertz CT molecular complexity index is 814. The Hall–Kier alpha value is -2.54. The third-order valence-corrected chi connectivity index (χ3v) is 5.88. The average Bonchev–Trinajstić information content (AvgIpc) is 3.27. The Morgan fingerprint density at radius 2 is 1.89 bits per heavy atom. The van der Waals surface area contributed by atoms with Gasteiger partial charge in [-0.1, -0.05) is 25.3 Å². The number of ether oxygens (including phenoxy) is 2. The summed E-state index contributed by atoms with van der Waals surface area (Å²) in [7, 11) is 3.01. The molecule has 2 N–H and O–H groups in total. The molecule has 7 heteroatoms. The van der Waals surface area contributed by atoms with Crippen molar-refractivity contribution < 1.29 is 19.1 Å². The highest BCUT2D eigenvalue weighted by Crippen LogP contribution is 2.37. The lowest BCUT2D eigenvalue weighted by atomic mass is 9.89. The molecule has 3 rings (SSSR count). The van der Waals surface area contributed by atoms with Gasteiger partial charge in [0.2, 0.25) is 0 Å². The van der Waals surface area contributed by atoms with Crippen molar-refractivity contribution >= 4 is 28.8 Å². The first-order valence-corrected chi connectivity index (χ1v) is 10.4. The summed E-state index contributed by atoms with van der Waals surface area (Å²) in [5.74, 6) is 0.884. The second kappa shape index (κ2) is 9.59. The first-order chi connectivity index (χ1) is 13.6. The zero-order valence-corrected chi connectivity index (χ0v) is 17.1. The maximum atomic E-state index is 12.7. The van der Waals surface area contributed by atoms with Gasteiger partial charge in [0.25, 0.3) is 11.8 Å². The summed E-state index contributed by atoms with van der Waals surface area (Å²) in [6.45, 7) is 0.671. The fraction of sp³-hybridized carbons (Fsp3) is 0.429. The predicted molar refractivity (Wildman–Crippen MR) is 111 cm³/mol. The van der Waals surface area contributed by atoms with Gasteiger partial charge in [-0.25, -0.2) is 0 Å². The smallest absolute Gasteiger partial charge is 0.265 e. The summed E-state index contributed by atoms with van der Waals surface area (Å²) >= 11 is 1.34. The van der Waals surface area contributed by atoms with E-state index in [1.165, 1.54) is 44.8 Å². The van der Waals surface area contributed by atoms with E-state index in [1.807, 2.05) is 11.4 Å². The number of methoxy groups -OCH3 is 2. The lowest BCUT2D eigenvalue weighted by molar-refractivity contribution is 0.0942. The van der Waals surface area contributed by atoms with Crippen molar-refractivity contribution in [2.24, 2.45) is 5.92 Å². The second-order valence-corrected chi connectivity index (χ2v) is 7.85. The third kappa shape index (κ3) is 4.84. The Labute approximate surface area is 169 Å². The van der Waals surface area contributed by atoms with Crippen molar-refractivity contribution in [1.29, 1.82) is 0 Å². The number of carbonyl (C=O) groups excluding carboxylic acids is 2. The highest BCUT2D eigenvalue weighted by Gasteiger charge is 2.20. The van der Waals surface area contributed by atoms with Crippen LogP contribution in [0.1, 0.15) is 52.1 Å². The van der Waals surface area contributed by atoms with Crippen molar-refractivity contribution in [3.63, 3.8) is 0 Å². The van der Waals surface area contributed by atoms with E-state index in [-0.39, 0.29) is 11.8 Å². The first kappa shape index (κ1) is 20.2. The molecule has 0 atom stereocenters. The van der Waals surface area contributed by atoms with Gasteiger partial charge in [-0.05, 0) is 42.3 Å². The fourth-order valence-electron chi connectivity index (χ4n) is 3.51. The van der Waals surface area contributed by atoms with Gasteiger partial charge in [-0.2, -0.15) is 0 Å². The van der Waals surface area contributed by atoms with Crippen molar-refractivity contribution in [1.82, 2.24) is 5.32 Å². The third-order valence-electron chi connectivity index (χ3n) is 5.01. The molecule has 6 nitrogen and oxygen atoms in total. The lowest BCUT2D eigenvalue weighted by Crippen LogP contribution is -2.30. The Balaban J connectivity index is 1.78. The molecule has 0 saturated heterocycles. The number of thiophene rings is 1. The molecular formula is C21H26N2O4S. The fourth-order valence-corrected chi connectivity index (χ4v) is 4.13. The SMILES string of the molecule is COc1cc(C(=O)NCC2CCCCC2)cc(NC(=O)c2cccs2)c1OC. The molecule has 1 aromatic carbocycles. The Morgan fingerprint density at radius 1 is 1.11 bits per heavy atom. The van der Waals surface area contributed by atoms with E-state index in [0.717, 1.165) is 12.8 Å².